The van der Waals surface area contributed by atoms with Crippen molar-refractivity contribution in [2.24, 2.45) is 11.8 Å². The fourth-order valence-electron chi connectivity index (χ4n) is 5.32. The fourth-order valence-corrected chi connectivity index (χ4v) is 8.66. The lowest BCUT2D eigenvalue weighted by molar-refractivity contribution is 0.0977. The lowest BCUT2D eigenvalue weighted by Crippen LogP contribution is -2.45. The molecular formula is C30H45N2O4SSi. The Kier molecular flexibility index (Phi) is 10.7. The van der Waals surface area contributed by atoms with Gasteiger partial charge in [-0.15, -0.1) is 0 Å². The van der Waals surface area contributed by atoms with Crippen molar-refractivity contribution in [2.75, 3.05) is 13.2 Å². The van der Waals surface area contributed by atoms with Crippen molar-refractivity contribution in [3.63, 3.8) is 0 Å². The zero-order valence-corrected chi connectivity index (χ0v) is 25.7. The molecule has 1 aliphatic carbocycles. The maximum absolute atomic E-state index is 13.5. The SMILES string of the molecule is CC[Si](OCC1CCC(CN(Cc2ccccc2)S(=O)(=O)NC(=O)c2cc(C)cc(C)c2)CC1)C(C)(C)C. The third-order valence-electron chi connectivity index (χ3n) is 7.33. The normalized spacial score (nSPS) is 18.6. The standard InChI is InChI=1S/C30H45N2O4SSi/c1-7-38(30(4,5)6)36-22-27-15-13-26(14-16-27)21-32(20-25-11-9-8-10-12-25)37(34,35)31-29(33)28-18-23(2)17-24(3)19-28/h8-12,17-19,26-27H,7,13-16,20-22H2,1-6H3,(H,31,33). The van der Waals surface area contributed by atoms with Gasteiger partial charge in [0.1, 0.15) is 0 Å². The highest BCUT2D eigenvalue weighted by molar-refractivity contribution is 7.87. The zero-order chi connectivity index (χ0) is 27.9. The predicted molar refractivity (Wildman–Crippen MR) is 157 cm³/mol. The molecule has 2 aromatic rings. The van der Waals surface area contributed by atoms with Gasteiger partial charge in [-0.2, -0.15) is 12.7 Å². The molecule has 209 valence electrons. The van der Waals surface area contributed by atoms with E-state index in [1.807, 2.05) is 50.2 Å². The topological polar surface area (TPSA) is 75.7 Å². The van der Waals surface area contributed by atoms with Gasteiger partial charge in [0.05, 0.1) is 0 Å². The van der Waals surface area contributed by atoms with Crippen LogP contribution in [0.4, 0.5) is 0 Å². The molecule has 1 amide bonds. The minimum absolute atomic E-state index is 0.227. The number of amides is 1. The lowest BCUT2D eigenvalue weighted by Gasteiger charge is -2.34. The fraction of sp³-hybridized carbons (Fsp3) is 0.567. The molecule has 0 saturated heterocycles. The average Bonchev–Trinajstić information content (AvgIpc) is 2.84. The van der Waals surface area contributed by atoms with Crippen LogP contribution in [0.2, 0.25) is 11.1 Å². The summed E-state index contributed by atoms with van der Waals surface area (Å²) in [4.78, 5) is 13.0. The smallest absolute Gasteiger partial charge is 0.304 e. The van der Waals surface area contributed by atoms with Gasteiger partial charge in [0.15, 0.2) is 0 Å². The number of benzene rings is 2. The maximum Gasteiger partial charge on any atom is 0.304 e. The number of nitrogens with zero attached hydrogens (tertiary/aromatic N) is 1. The number of aryl methyl sites for hydroxylation is 2. The number of hydrogen-bond donors (Lipinski definition) is 1. The van der Waals surface area contributed by atoms with Crippen LogP contribution in [0.1, 0.15) is 80.4 Å². The van der Waals surface area contributed by atoms with Crippen molar-refractivity contribution in [3.8, 4) is 0 Å². The first-order valence-electron chi connectivity index (χ1n) is 13.8. The van der Waals surface area contributed by atoms with Crippen LogP contribution >= 0.6 is 0 Å². The first kappa shape index (κ1) is 30.5. The van der Waals surface area contributed by atoms with E-state index in [1.165, 1.54) is 4.31 Å². The summed E-state index contributed by atoms with van der Waals surface area (Å²) >= 11 is 0. The molecule has 0 aliphatic heterocycles. The zero-order valence-electron chi connectivity index (χ0n) is 23.9. The summed E-state index contributed by atoms with van der Waals surface area (Å²) in [6, 6.07) is 16.1. The second kappa shape index (κ2) is 13.4. The molecule has 0 atom stereocenters. The summed E-state index contributed by atoms with van der Waals surface area (Å²) in [5.74, 6) is 0.188. The molecule has 38 heavy (non-hydrogen) atoms. The molecule has 3 rings (SSSR count). The highest BCUT2D eigenvalue weighted by atomic mass is 32.2. The Morgan fingerprint density at radius 2 is 1.58 bits per heavy atom. The van der Waals surface area contributed by atoms with Crippen LogP contribution in [0.25, 0.3) is 0 Å². The van der Waals surface area contributed by atoms with Gasteiger partial charge in [0.25, 0.3) is 5.91 Å². The van der Waals surface area contributed by atoms with E-state index in [0.29, 0.717) is 18.0 Å². The van der Waals surface area contributed by atoms with Crippen LogP contribution in [-0.2, 0) is 21.2 Å². The van der Waals surface area contributed by atoms with Crippen LogP contribution in [0.5, 0.6) is 0 Å². The summed E-state index contributed by atoms with van der Waals surface area (Å²) in [6.45, 7) is 14.2. The van der Waals surface area contributed by atoms with Crippen LogP contribution in [0.3, 0.4) is 0 Å². The van der Waals surface area contributed by atoms with E-state index in [9.17, 15) is 13.2 Å². The highest BCUT2D eigenvalue weighted by Gasteiger charge is 2.32. The molecule has 1 radical (unpaired) electrons. The van der Waals surface area contributed by atoms with Gasteiger partial charge in [-0.1, -0.05) is 75.2 Å². The van der Waals surface area contributed by atoms with Crippen LogP contribution in [0.15, 0.2) is 48.5 Å². The summed E-state index contributed by atoms with van der Waals surface area (Å²) in [5, 5.41) is 0.227. The van der Waals surface area contributed by atoms with E-state index in [0.717, 1.165) is 55.0 Å². The second-order valence-electron chi connectivity index (χ2n) is 11.8. The van der Waals surface area contributed by atoms with Crippen molar-refractivity contribution in [1.82, 2.24) is 9.03 Å². The van der Waals surface area contributed by atoms with Crippen molar-refractivity contribution in [2.45, 2.75) is 84.9 Å². The minimum atomic E-state index is -4.03. The number of hydrogen-bond acceptors (Lipinski definition) is 4. The van der Waals surface area contributed by atoms with E-state index < -0.39 is 25.2 Å². The Morgan fingerprint density at radius 3 is 2.13 bits per heavy atom. The largest absolute Gasteiger partial charge is 0.416 e. The van der Waals surface area contributed by atoms with Gasteiger partial charge in [0.2, 0.25) is 9.04 Å². The number of carbonyl (C=O) groups excluding carboxylic acids is 1. The Hall–Kier alpha value is -2.00. The molecule has 1 aliphatic rings. The first-order valence-corrected chi connectivity index (χ1v) is 16.9. The Bertz CT molecular complexity index is 1140. The molecule has 0 heterocycles. The van der Waals surface area contributed by atoms with Gasteiger partial charge in [-0.05, 0) is 80.1 Å². The molecule has 1 fully saturated rings. The van der Waals surface area contributed by atoms with Gasteiger partial charge < -0.3 is 4.43 Å². The van der Waals surface area contributed by atoms with Crippen molar-refractivity contribution in [1.29, 1.82) is 0 Å². The van der Waals surface area contributed by atoms with Crippen molar-refractivity contribution in [3.05, 3.63) is 70.8 Å². The molecule has 0 unspecified atom stereocenters. The summed E-state index contributed by atoms with van der Waals surface area (Å²) in [5.41, 5.74) is 3.10. The Labute approximate surface area is 232 Å². The summed E-state index contributed by atoms with van der Waals surface area (Å²) in [6.07, 6.45) is 4.01. The van der Waals surface area contributed by atoms with Crippen molar-refractivity contribution >= 4 is 25.2 Å². The van der Waals surface area contributed by atoms with Crippen LogP contribution < -0.4 is 4.72 Å². The molecule has 2 aromatic carbocycles. The monoisotopic (exact) mass is 557 g/mol. The van der Waals surface area contributed by atoms with Crippen molar-refractivity contribution < 1.29 is 17.6 Å². The average molecular weight is 558 g/mol. The molecule has 6 nitrogen and oxygen atoms in total. The second-order valence-corrected chi connectivity index (χ2v) is 16.8. The summed E-state index contributed by atoms with van der Waals surface area (Å²) in [7, 11) is -4.89. The third-order valence-corrected chi connectivity index (χ3v) is 11.6. The van der Waals surface area contributed by atoms with Crippen LogP contribution in [0, 0.1) is 25.7 Å². The van der Waals surface area contributed by atoms with E-state index >= 15 is 0 Å². The highest BCUT2D eigenvalue weighted by Crippen LogP contribution is 2.33. The van der Waals surface area contributed by atoms with Gasteiger partial charge >= 0.3 is 10.2 Å². The number of rotatable bonds is 11. The molecule has 1 saturated carbocycles. The molecule has 8 heteroatoms. The quantitative estimate of drug-likeness (QED) is 0.324. The Balaban J connectivity index is 1.66. The maximum atomic E-state index is 13.5. The molecule has 0 spiro atoms. The molecule has 1 N–H and O–H groups in total. The van der Waals surface area contributed by atoms with E-state index in [2.05, 4.69) is 32.4 Å². The first-order chi connectivity index (χ1) is 17.9. The summed E-state index contributed by atoms with van der Waals surface area (Å²) < 4.78 is 37.2. The number of nitrogens with one attached hydrogen (secondary N) is 1. The van der Waals surface area contributed by atoms with Gasteiger partial charge in [0, 0.05) is 25.3 Å². The van der Waals surface area contributed by atoms with Gasteiger partial charge in [-0.25, -0.2) is 4.72 Å². The van der Waals surface area contributed by atoms with E-state index in [1.54, 1.807) is 12.1 Å². The molecule has 0 bridgehead atoms. The van der Waals surface area contributed by atoms with E-state index in [-0.39, 0.29) is 17.5 Å². The third kappa shape index (κ3) is 9.04. The lowest BCUT2D eigenvalue weighted by atomic mass is 9.82. The molecule has 0 aromatic heterocycles. The minimum Gasteiger partial charge on any atom is -0.416 e. The van der Waals surface area contributed by atoms with Gasteiger partial charge in [-0.3, -0.25) is 4.79 Å². The van der Waals surface area contributed by atoms with E-state index in [4.69, 9.17) is 4.43 Å². The van der Waals surface area contributed by atoms with Crippen LogP contribution in [-0.4, -0.2) is 40.8 Å². The number of carbonyl (C=O) groups is 1. The predicted octanol–water partition coefficient (Wildman–Crippen LogP) is 6.41. The molecular weight excluding hydrogens is 512 g/mol. The Morgan fingerprint density at radius 1 is 1.00 bits per heavy atom.